The molecule has 0 amide bonds. The monoisotopic (exact) mass is 242 g/mol. The van der Waals surface area contributed by atoms with Crippen LogP contribution in [0.4, 0.5) is 0 Å². The topological polar surface area (TPSA) is 24.5 Å². The van der Waals surface area contributed by atoms with Crippen molar-refractivity contribution in [2.45, 2.75) is 40.0 Å². The molecule has 3 nitrogen and oxygen atoms in total. The average molecular weight is 242 g/mol. The Kier molecular flexibility index (Phi) is 7.09. The molecule has 0 spiro atoms. The van der Waals surface area contributed by atoms with Gasteiger partial charge in [-0.25, -0.2) is 0 Å². The second kappa shape index (κ2) is 8.06. The van der Waals surface area contributed by atoms with E-state index in [9.17, 15) is 0 Å². The van der Waals surface area contributed by atoms with E-state index in [1.165, 1.54) is 32.5 Å². The Labute approximate surface area is 107 Å². The number of piperidine rings is 1. The van der Waals surface area contributed by atoms with E-state index in [0.717, 1.165) is 32.7 Å². The Balaban J connectivity index is 1.90. The van der Waals surface area contributed by atoms with Crippen LogP contribution in [0.5, 0.6) is 0 Å². The van der Waals surface area contributed by atoms with Crippen molar-refractivity contribution in [3.63, 3.8) is 0 Å². The fourth-order valence-corrected chi connectivity index (χ4v) is 2.19. The number of nitrogens with zero attached hydrogens (tertiary/aromatic N) is 1. The van der Waals surface area contributed by atoms with Crippen LogP contribution in [-0.2, 0) is 4.74 Å². The van der Waals surface area contributed by atoms with Gasteiger partial charge in [-0.15, -0.1) is 0 Å². The van der Waals surface area contributed by atoms with E-state index in [0.29, 0.717) is 5.41 Å². The van der Waals surface area contributed by atoms with Gasteiger partial charge < -0.3 is 15.0 Å². The Hall–Kier alpha value is -0.120. The first-order valence-corrected chi connectivity index (χ1v) is 7.15. The molecule has 1 aliphatic heterocycles. The normalized spacial score (nSPS) is 20.6. The summed E-state index contributed by atoms with van der Waals surface area (Å²) in [6.07, 6.45) is 3.82. The molecule has 1 aliphatic rings. The molecule has 3 heteroatoms. The van der Waals surface area contributed by atoms with Crippen molar-refractivity contribution in [1.29, 1.82) is 0 Å². The number of rotatable bonds is 8. The van der Waals surface area contributed by atoms with Crippen LogP contribution in [-0.4, -0.2) is 50.8 Å². The van der Waals surface area contributed by atoms with Gasteiger partial charge in [-0.2, -0.15) is 0 Å². The fraction of sp³-hybridized carbons (Fsp3) is 1.00. The molecule has 1 heterocycles. The van der Waals surface area contributed by atoms with E-state index in [4.69, 9.17) is 4.74 Å². The Morgan fingerprint density at radius 3 is 2.53 bits per heavy atom. The number of likely N-dealkylation sites (tertiary alicyclic amines) is 1. The summed E-state index contributed by atoms with van der Waals surface area (Å²) in [7, 11) is 0. The Bertz CT molecular complexity index is 185. The van der Waals surface area contributed by atoms with Crippen LogP contribution in [0.25, 0.3) is 0 Å². The summed E-state index contributed by atoms with van der Waals surface area (Å²) in [5.74, 6) is 0. The van der Waals surface area contributed by atoms with Gasteiger partial charge in [-0.05, 0) is 51.2 Å². The summed E-state index contributed by atoms with van der Waals surface area (Å²) in [4.78, 5) is 2.58. The molecule has 1 saturated heterocycles. The molecule has 0 atom stereocenters. The maximum absolute atomic E-state index is 5.30. The van der Waals surface area contributed by atoms with Gasteiger partial charge in [-0.3, -0.25) is 0 Å². The fourth-order valence-electron chi connectivity index (χ4n) is 2.19. The summed E-state index contributed by atoms with van der Waals surface area (Å²) in [6.45, 7) is 14.5. The van der Waals surface area contributed by atoms with Crippen LogP contribution in [0, 0.1) is 5.41 Å². The van der Waals surface area contributed by atoms with E-state index >= 15 is 0 Å². The zero-order valence-electron chi connectivity index (χ0n) is 11.9. The molecule has 0 bridgehead atoms. The molecule has 0 saturated carbocycles. The van der Waals surface area contributed by atoms with Gasteiger partial charge in [0.15, 0.2) is 0 Å². The first-order chi connectivity index (χ1) is 8.14. The maximum Gasteiger partial charge on any atom is 0.0477 e. The minimum Gasteiger partial charge on any atom is -0.382 e. The van der Waals surface area contributed by atoms with Crippen LogP contribution in [0.2, 0.25) is 0 Å². The Morgan fingerprint density at radius 1 is 1.18 bits per heavy atom. The third kappa shape index (κ3) is 7.02. The lowest BCUT2D eigenvalue weighted by Crippen LogP contribution is -2.40. The average Bonchev–Trinajstić information content (AvgIpc) is 2.30. The van der Waals surface area contributed by atoms with Gasteiger partial charge in [0, 0.05) is 26.3 Å². The van der Waals surface area contributed by atoms with Crippen molar-refractivity contribution in [2.24, 2.45) is 5.41 Å². The molecular formula is C14H30N2O. The lowest BCUT2D eigenvalue weighted by atomic mass is 9.83. The maximum atomic E-state index is 5.30. The van der Waals surface area contributed by atoms with Crippen molar-refractivity contribution in [3.05, 3.63) is 0 Å². The van der Waals surface area contributed by atoms with E-state index in [-0.39, 0.29) is 0 Å². The van der Waals surface area contributed by atoms with E-state index < -0.39 is 0 Å². The van der Waals surface area contributed by atoms with Gasteiger partial charge in [0.25, 0.3) is 0 Å². The molecule has 1 N–H and O–H groups in total. The van der Waals surface area contributed by atoms with E-state index in [1.807, 2.05) is 6.92 Å². The third-order valence-electron chi connectivity index (χ3n) is 3.66. The van der Waals surface area contributed by atoms with Crippen molar-refractivity contribution in [2.75, 3.05) is 45.9 Å². The Morgan fingerprint density at radius 2 is 1.88 bits per heavy atom. The molecule has 0 radical (unpaired) electrons. The first kappa shape index (κ1) is 14.9. The van der Waals surface area contributed by atoms with Gasteiger partial charge in [0.05, 0.1) is 0 Å². The van der Waals surface area contributed by atoms with Gasteiger partial charge in [0.2, 0.25) is 0 Å². The van der Waals surface area contributed by atoms with Crippen molar-refractivity contribution >= 4 is 0 Å². The molecule has 17 heavy (non-hydrogen) atoms. The highest BCUT2D eigenvalue weighted by molar-refractivity contribution is 4.78. The van der Waals surface area contributed by atoms with Gasteiger partial charge in [0.1, 0.15) is 0 Å². The standard InChI is InChI=1S/C14H30N2O/c1-4-17-13-5-8-15-9-12-16-10-6-14(2,3)7-11-16/h15H,4-13H2,1-3H3. The largest absolute Gasteiger partial charge is 0.382 e. The summed E-state index contributed by atoms with van der Waals surface area (Å²) < 4.78 is 5.30. The molecule has 1 fully saturated rings. The van der Waals surface area contributed by atoms with Crippen molar-refractivity contribution in [1.82, 2.24) is 10.2 Å². The van der Waals surface area contributed by atoms with Gasteiger partial charge in [-0.1, -0.05) is 13.8 Å². The number of nitrogens with one attached hydrogen (secondary N) is 1. The predicted molar refractivity (Wildman–Crippen MR) is 73.4 cm³/mol. The number of hydrogen-bond acceptors (Lipinski definition) is 3. The highest BCUT2D eigenvalue weighted by Crippen LogP contribution is 2.29. The summed E-state index contributed by atoms with van der Waals surface area (Å²) in [5, 5.41) is 3.49. The van der Waals surface area contributed by atoms with Crippen molar-refractivity contribution < 1.29 is 4.74 Å². The first-order valence-electron chi connectivity index (χ1n) is 7.15. The van der Waals surface area contributed by atoms with Crippen LogP contribution in [0.1, 0.15) is 40.0 Å². The predicted octanol–water partition coefficient (Wildman–Crippen LogP) is 2.12. The number of ether oxygens (including phenoxy) is 1. The molecule has 0 aromatic rings. The summed E-state index contributed by atoms with van der Waals surface area (Å²) in [5.41, 5.74) is 0.571. The lowest BCUT2D eigenvalue weighted by molar-refractivity contribution is 0.131. The quantitative estimate of drug-likeness (QED) is 0.660. The molecule has 102 valence electrons. The van der Waals surface area contributed by atoms with E-state index in [1.54, 1.807) is 0 Å². The van der Waals surface area contributed by atoms with E-state index in [2.05, 4.69) is 24.1 Å². The van der Waals surface area contributed by atoms with Crippen LogP contribution in [0.3, 0.4) is 0 Å². The van der Waals surface area contributed by atoms with Crippen molar-refractivity contribution in [3.8, 4) is 0 Å². The molecule has 0 unspecified atom stereocenters. The minimum atomic E-state index is 0.571. The summed E-state index contributed by atoms with van der Waals surface area (Å²) >= 11 is 0. The van der Waals surface area contributed by atoms with Crippen LogP contribution in [0.15, 0.2) is 0 Å². The summed E-state index contributed by atoms with van der Waals surface area (Å²) in [6, 6.07) is 0. The minimum absolute atomic E-state index is 0.571. The second-order valence-electron chi connectivity index (χ2n) is 5.81. The SMILES string of the molecule is CCOCCCNCCN1CCC(C)(C)CC1. The zero-order chi connectivity index (χ0) is 12.6. The molecule has 0 aromatic carbocycles. The molecule has 0 aliphatic carbocycles. The highest BCUT2D eigenvalue weighted by atomic mass is 16.5. The third-order valence-corrected chi connectivity index (χ3v) is 3.66. The van der Waals surface area contributed by atoms with Crippen LogP contribution >= 0.6 is 0 Å². The van der Waals surface area contributed by atoms with Crippen LogP contribution < -0.4 is 5.32 Å². The molecule has 1 rings (SSSR count). The molecule has 0 aromatic heterocycles. The lowest BCUT2D eigenvalue weighted by Gasteiger charge is -2.36. The number of hydrogen-bond donors (Lipinski definition) is 1. The highest BCUT2D eigenvalue weighted by Gasteiger charge is 2.24. The molecular weight excluding hydrogens is 212 g/mol. The van der Waals surface area contributed by atoms with Gasteiger partial charge >= 0.3 is 0 Å². The second-order valence-corrected chi connectivity index (χ2v) is 5.81. The zero-order valence-corrected chi connectivity index (χ0v) is 11.9. The smallest absolute Gasteiger partial charge is 0.0477 e.